The van der Waals surface area contributed by atoms with Gasteiger partial charge in [-0.3, -0.25) is 0 Å². The third kappa shape index (κ3) is 4.99. The van der Waals surface area contributed by atoms with Gasteiger partial charge in [0.15, 0.2) is 4.24 Å². The Labute approximate surface area is 166 Å². The lowest BCUT2D eigenvalue weighted by molar-refractivity contribution is 0.608. The van der Waals surface area contributed by atoms with Gasteiger partial charge in [-0.25, -0.2) is 0 Å². The van der Waals surface area contributed by atoms with E-state index in [2.05, 4.69) is 6.58 Å². The maximum Gasteiger partial charge on any atom is 0.186 e. The number of halogens is 2. The van der Waals surface area contributed by atoms with Crippen molar-refractivity contribution >= 4 is 63.6 Å². The molecule has 2 nitrogen and oxygen atoms in total. The minimum atomic E-state index is -1.05. The molecule has 0 N–H and O–H groups in total. The lowest BCUT2D eigenvalue weighted by Crippen LogP contribution is -2.18. The summed E-state index contributed by atoms with van der Waals surface area (Å²) >= 11 is 13.3. The Hall–Kier alpha value is -1.04. The van der Waals surface area contributed by atoms with Crippen LogP contribution in [0.2, 0.25) is 10.0 Å². The molecule has 2 aromatic carbocycles. The number of benzene rings is 2. The maximum atomic E-state index is 11.9. The number of thioether (sulfide) groups is 1. The lowest BCUT2D eigenvalue weighted by Gasteiger charge is -2.27. The maximum absolute atomic E-state index is 11.9. The minimum Gasteiger partial charge on any atom is -0.611 e. The first-order chi connectivity index (χ1) is 12.0. The quantitative estimate of drug-likeness (QED) is 0.391. The molecule has 2 rings (SSSR count). The molecule has 0 bridgehead atoms. The molecule has 0 aliphatic heterocycles. The Bertz CT molecular complexity index is 758. The fraction of sp³-hybridized carbons (Fsp3) is 0.158. The van der Waals surface area contributed by atoms with Gasteiger partial charge in [-0.15, -0.1) is 6.58 Å². The molecular formula is C19H19Cl2NOS2. The first-order valence-electron chi connectivity index (χ1n) is 7.50. The summed E-state index contributed by atoms with van der Waals surface area (Å²) in [4.78, 5) is 2.01. The highest BCUT2D eigenvalue weighted by Crippen LogP contribution is 2.40. The van der Waals surface area contributed by atoms with E-state index in [1.807, 2.05) is 59.7 Å². The highest BCUT2D eigenvalue weighted by molar-refractivity contribution is 8.18. The summed E-state index contributed by atoms with van der Waals surface area (Å²) in [5.41, 5.74) is 2.60. The molecule has 0 amide bonds. The minimum absolute atomic E-state index is 0.540. The van der Waals surface area contributed by atoms with Crippen LogP contribution >= 0.6 is 35.0 Å². The SMILES string of the molecule is C=CCN(c1ccccc1C=C(SC)[S+](C)[O-])c1c(Cl)cccc1Cl. The van der Waals surface area contributed by atoms with Gasteiger partial charge in [0.05, 0.1) is 15.7 Å². The number of rotatable bonds is 7. The van der Waals surface area contributed by atoms with Gasteiger partial charge in [0.2, 0.25) is 0 Å². The zero-order valence-corrected chi connectivity index (χ0v) is 17.2. The predicted molar refractivity (Wildman–Crippen MR) is 116 cm³/mol. The van der Waals surface area contributed by atoms with Gasteiger partial charge in [-0.2, -0.15) is 0 Å². The summed E-state index contributed by atoms with van der Waals surface area (Å²) in [7, 11) is 0. The number of anilines is 2. The third-order valence-electron chi connectivity index (χ3n) is 3.50. The molecule has 0 fully saturated rings. The van der Waals surface area contributed by atoms with Crippen molar-refractivity contribution in [2.45, 2.75) is 0 Å². The second kappa shape index (κ2) is 9.60. The molecule has 132 valence electrons. The van der Waals surface area contributed by atoms with E-state index in [-0.39, 0.29) is 0 Å². The zero-order valence-electron chi connectivity index (χ0n) is 14.0. The van der Waals surface area contributed by atoms with Crippen LogP contribution in [0, 0.1) is 0 Å². The predicted octanol–water partition coefficient (Wildman–Crippen LogP) is 6.36. The molecule has 1 atom stereocenters. The number of para-hydroxylation sites is 2. The van der Waals surface area contributed by atoms with Gasteiger partial charge in [-0.1, -0.05) is 65.3 Å². The summed E-state index contributed by atoms with van der Waals surface area (Å²) in [5, 5.41) is 1.13. The van der Waals surface area contributed by atoms with E-state index >= 15 is 0 Å². The van der Waals surface area contributed by atoms with Crippen molar-refractivity contribution in [2.24, 2.45) is 0 Å². The van der Waals surface area contributed by atoms with E-state index in [9.17, 15) is 4.55 Å². The van der Waals surface area contributed by atoms with Crippen LogP contribution in [0.1, 0.15) is 5.56 Å². The molecule has 0 saturated heterocycles. The van der Waals surface area contributed by atoms with Crippen LogP contribution < -0.4 is 4.90 Å². The molecule has 0 aliphatic rings. The molecule has 25 heavy (non-hydrogen) atoms. The molecule has 0 spiro atoms. The number of nitrogens with zero attached hydrogens (tertiary/aromatic N) is 1. The lowest BCUT2D eigenvalue weighted by atomic mass is 10.1. The van der Waals surface area contributed by atoms with Crippen LogP contribution in [0.15, 0.2) is 59.4 Å². The zero-order chi connectivity index (χ0) is 18.4. The van der Waals surface area contributed by atoms with Crippen molar-refractivity contribution in [3.8, 4) is 0 Å². The van der Waals surface area contributed by atoms with Gasteiger partial charge in [0.1, 0.15) is 6.26 Å². The normalized spacial score (nSPS) is 12.8. The molecule has 0 heterocycles. The number of hydrogen-bond acceptors (Lipinski definition) is 3. The standard InChI is InChI=1S/C19H19Cl2NOS2/c1-4-12-22(19-15(20)9-7-10-16(19)21)17-11-6-5-8-14(17)13-18(24-2)25(3)23/h4-11,13H,1,12H2,2-3H3. The Morgan fingerprint density at radius 1 is 1.20 bits per heavy atom. The monoisotopic (exact) mass is 411 g/mol. The van der Waals surface area contributed by atoms with Crippen molar-refractivity contribution in [1.29, 1.82) is 0 Å². The molecule has 0 radical (unpaired) electrons. The van der Waals surface area contributed by atoms with Crippen LogP contribution in [0.4, 0.5) is 11.4 Å². The van der Waals surface area contributed by atoms with Crippen LogP contribution in [0.5, 0.6) is 0 Å². The van der Waals surface area contributed by atoms with Gasteiger partial charge >= 0.3 is 0 Å². The Morgan fingerprint density at radius 2 is 1.84 bits per heavy atom. The fourth-order valence-electron chi connectivity index (χ4n) is 2.43. The van der Waals surface area contributed by atoms with Crippen LogP contribution in [-0.2, 0) is 11.2 Å². The molecular weight excluding hydrogens is 393 g/mol. The largest absolute Gasteiger partial charge is 0.611 e. The molecule has 0 aliphatic carbocycles. The van der Waals surface area contributed by atoms with Gasteiger partial charge in [0, 0.05) is 23.9 Å². The van der Waals surface area contributed by atoms with Gasteiger partial charge < -0.3 is 9.45 Å². The summed E-state index contributed by atoms with van der Waals surface area (Å²) in [6.45, 7) is 4.39. The van der Waals surface area contributed by atoms with Crippen molar-refractivity contribution in [1.82, 2.24) is 0 Å². The van der Waals surface area contributed by atoms with E-state index in [4.69, 9.17) is 23.2 Å². The molecule has 2 aromatic rings. The van der Waals surface area contributed by atoms with E-state index in [0.717, 1.165) is 21.2 Å². The van der Waals surface area contributed by atoms with E-state index in [1.165, 1.54) is 11.8 Å². The molecule has 0 aromatic heterocycles. The Morgan fingerprint density at radius 3 is 2.40 bits per heavy atom. The molecule has 0 saturated carbocycles. The topological polar surface area (TPSA) is 26.3 Å². The van der Waals surface area contributed by atoms with Crippen molar-refractivity contribution < 1.29 is 4.55 Å². The number of hydrogen-bond donors (Lipinski definition) is 0. The summed E-state index contributed by atoms with van der Waals surface area (Å²) in [6, 6.07) is 13.3. The van der Waals surface area contributed by atoms with Crippen LogP contribution in [0.3, 0.4) is 0 Å². The van der Waals surface area contributed by atoms with Gasteiger partial charge in [0.25, 0.3) is 0 Å². The summed E-state index contributed by atoms with van der Waals surface area (Å²) in [6.07, 6.45) is 7.34. The highest BCUT2D eigenvalue weighted by atomic mass is 35.5. The smallest absolute Gasteiger partial charge is 0.186 e. The third-order valence-corrected chi connectivity index (χ3v) is 6.52. The summed E-state index contributed by atoms with van der Waals surface area (Å²) in [5.74, 6) is 0. The summed E-state index contributed by atoms with van der Waals surface area (Å²) < 4.78 is 12.7. The van der Waals surface area contributed by atoms with E-state index in [0.29, 0.717) is 16.6 Å². The van der Waals surface area contributed by atoms with Crippen LogP contribution in [0.25, 0.3) is 6.08 Å². The highest BCUT2D eigenvalue weighted by Gasteiger charge is 2.18. The fourth-order valence-corrected chi connectivity index (χ4v) is 4.51. The van der Waals surface area contributed by atoms with E-state index in [1.54, 1.807) is 12.3 Å². The Kier molecular flexibility index (Phi) is 7.79. The molecule has 1 unspecified atom stereocenters. The average molecular weight is 412 g/mol. The van der Waals surface area contributed by atoms with Gasteiger partial charge in [-0.05, 0) is 35.6 Å². The molecule has 6 heteroatoms. The average Bonchev–Trinajstić information content (AvgIpc) is 2.59. The van der Waals surface area contributed by atoms with Crippen molar-refractivity contribution in [2.75, 3.05) is 24.0 Å². The van der Waals surface area contributed by atoms with Crippen LogP contribution in [-0.4, -0.2) is 23.6 Å². The second-order valence-electron chi connectivity index (χ2n) is 5.15. The first kappa shape index (κ1) is 20.3. The second-order valence-corrected chi connectivity index (χ2v) is 8.42. The van der Waals surface area contributed by atoms with E-state index < -0.39 is 11.2 Å². The van der Waals surface area contributed by atoms with Crippen molar-refractivity contribution in [3.05, 3.63) is 75.0 Å². The Balaban J connectivity index is 2.63. The van der Waals surface area contributed by atoms with Crippen molar-refractivity contribution in [3.63, 3.8) is 0 Å². The first-order valence-corrected chi connectivity index (χ1v) is 11.0.